The van der Waals surface area contributed by atoms with Crippen molar-refractivity contribution < 1.29 is 0 Å². The lowest BCUT2D eigenvalue weighted by Crippen LogP contribution is -2.17. The molecule has 0 radical (unpaired) electrons. The van der Waals surface area contributed by atoms with Crippen LogP contribution in [-0.4, -0.2) is 4.57 Å². The Morgan fingerprint density at radius 3 is 1.82 bits per heavy atom. The SMILES string of the molecule is CC1(C)c2ccccc2-c2ccc(N(c3ccc4c5ccccc5n(-c5ccccc5)c4c3)c3ccccc3-c3ccc4sc5ccc(-c6ccccc6)cc5c4c3)cc21. The molecule has 1 aliphatic carbocycles. The van der Waals surface area contributed by atoms with Gasteiger partial charge >= 0.3 is 0 Å². The molecule has 2 aromatic heterocycles. The van der Waals surface area contributed by atoms with Crippen LogP contribution in [0.1, 0.15) is 25.0 Å². The van der Waals surface area contributed by atoms with Gasteiger partial charge in [0, 0.05) is 59.0 Å². The van der Waals surface area contributed by atoms with Gasteiger partial charge in [0.05, 0.1) is 16.7 Å². The summed E-state index contributed by atoms with van der Waals surface area (Å²) in [6.07, 6.45) is 0. The molecule has 11 aromatic rings. The molecule has 0 N–H and O–H groups in total. The van der Waals surface area contributed by atoms with E-state index in [1.54, 1.807) is 0 Å². The summed E-state index contributed by atoms with van der Waals surface area (Å²) in [5.74, 6) is 0. The second-order valence-electron chi connectivity index (χ2n) is 16.5. The van der Waals surface area contributed by atoms with Crippen LogP contribution in [0.5, 0.6) is 0 Å². The molecule has 0 saturated heterocycles. The number of hydrogen-bond donors (Lipinski definition) is 0. The van der Waals surface area contributed by atoms with Gasteiger partial charge in [-0.2, -0.15) is 0 Å². The number of fused-ring (bicyclic) bond motifs is 9. The molecule has 2 nitrogen and oxygen atoms in total. The van der Waals surface area contributed by atoms with Crippen molar-refractivity contribution >= 4 is 70.4 Å². The maximum atomic E-state index is 2.49. The van der Waals surface area contributed by atoms with Crippen LogP contribution in [0.4, 0.5) is 17.1 Å². The van der Waals surface area contributed by atoms with Crippen LogP contribution >= 0.6 is 11.3 Å². The molecular weight excluding hydrogens is 745 g/mol. The minimum Gasteiger partial charge on any atom is -0.310 e. The van der Waals surface area contributed by atoms with Gasteiger partial charge in [-0.25, -0.2) is 0 Å². The fraction of sp³-hybridized carbons (Fsp3) is 0.0526. The third-order valence-corrected chi connectivity index (χ3v) is 13.9. The van der Waals surface area contributed by atoms with Gasteiger partial charge in [0.1, 0.15) is 0 Å². The molecule has 0 fully saturated rings. The summed E-state index contributed by atoms with van der Waals surface area (Å²) in [6.45, 7) is 4.74. The zero-order valence-electron chi connectivity index (χ0n) is 33.4. The van der Waals surface area contributed by atoms with Crippen molar-refractivity contribution in [2.45, 2.75) is 19.3 Å². The lowest BCUT2D eigenvalue weighted by atomic mass is 9.82. The van der Waals surface area contributed by atoms with Crippen molar-refractivity contribution in [3.8, 4) is 39.1 Å². The third kappa shape index (κ3) is 5.33. The Morgan fingerprint density at radius 2 is 1.00 bits per heavy atom. The molecule has 0 aliphatic heterocycles. The van der Waals surface area contributed by atoms with Crippen LogP contribution < -0.4 is 4.90 Å². The Morgan fingerprint density at radius 1 is 0.400 bits per heavy atom. The highest BCUT2D eigenvalue weighted by atomic mass is 32.1. The average molecular weight is 785 g/mol. The summed E-state index contributed by atoms with van der Waals surface area (Å²) in [6, 6.07) is 76.2. The molecule has 2 heterocycles. The fourth-order valence-electron chi connectivity index (χ4n) is 9.88. The Kier molecular flexibility index (Phi) is 7.79. The number of rotatable bonds is 6. The van der Waals surface area contributed by atoms with E-state index in [0.29, 0.717) is 0 Å². The van der Waals surface area contributed by atoms with Crippen molar-refractivity contribution in [2.24, 2.45) is 0 Å². The number of para-hydroxylation sites is 3. The van der Waals surface area contributed by atoms with Gasteiger partial charge in [0.25, 0.3) is 0 Å². The lowest BCUT2D eigenvalue weighted by molar-refractivity contribution is 0.660. The van der Waals surface area contributed by atoms with Crippen molar-refractivity contribution in [2.75, 3.05) is 4.90 Å². The fourth-order valence-corrected chi connectivity index (χ4v) is 10.9. The van der Waals surface area contributed by atoms with E-state index in [-0.39, 0.29) is 5.41 Å². The first kappa shape index (κ1) is 34.8. The van der Waals surface area contributed by atoms with Gasteiger partial charge in [-0.3, -0.25) is 0 Å². The molecule has 284 valence electrons. The van der Waals surface area contributed by atoms with E-state index in [9.17, 15) is 0 Å². The first-order valence-electron chi connectivity index (χ1n) is 20.8. The van der Waals surface area contributed by atoms with Gasteiger partial charge in [0.2, 0.25) is 0 Å². The number of aromatic nitrogens is 1. The van der Waals surface area contributed by atoms with Gasteiger partial charge in [0.15, 0.2) is 0 Å². The monoisotopic (exact) mass is 784 g/mol. The van der Waals surface area contributed by atoms with E-state index < -0.39 is 0 Å². The zero-order chi connectivity index (χ0) is 40.0. The van der Waals surface area contributed by atoms with Crippen LogP contribution in [0.3, 0.4) is 0 Å². The topological polar surface area (TPSA) is 8.17 Å². The number of thiophene rings is 1. The second-order valence-corrected chi connectivity index (χ2v) is 17.6. The molecule has 12 rings (SSSR count). The summed E-state index contributed by atoms with van der Waals surface area (Å²) >= 11 is 1.87. The molecule has 9 aromatic carbocycles. The minimum absolute atomic E-state index is 0.138. The first-order valence-corrected chi connectivity index (χ1v) is 21.6. The molecule has 0 saturated carbocycles. The Labute approximate surface area is 353 Å². The molecule has 0 unspecified atom stereocenters. The van der Waals surface area contributed by atoms with Gasteiger partial charge in [-0.05, 0) is 112 Å². The van der Waals surface area contributed by atoms with Gasteiger partial charge in [-0.1, -0.05) is 147 Å². The van der Waals surface area contributed by atoms with Crippen molar-refractivity contribution in [1.29, 1.82) is 0 Å². The second kappa shape index (κ2) is 13.4. The summed E-state index contributed by atoms with van der Waals surface area (Å²) in [5.41, 5.74) is 17.0. The summed E-state index contributed by atoms with van der Waals surface area (Å²) < 4.78 is 5.02. The molecule has 0 spiro atoms. The number of hydrogen-bond acceptors (Lipinski definition) is 2. The molecule has 3 heteroatoms. The first-order chi connectivity index (χ1) is 29.5. The summed E-state index contributed by atoms with van der Waals surface area (Å²) in [4.78, 5) is 2.49. The summed E-state index contributed by atoms with van der Waals surface area (Å²) in [5, 5.41) is 5.07. The highest BCUT2D eigenvalue weighted by Gasteiger charge is 2.36. The highest BCUT2D eigenvalue weighted by molar-refractivity contribution is 7.25. The molecule has 0 amide bonds. The molecule has 60 heavy (non-hydrogen) atoms. The van der Waals surface area contributed by atoms with Crippen LogP contribution in [0.15, 0.2) is 206 Å². The van der Waals surface area contributed by atoms with Gasteiger partial charge < -0.3 is 9.47 Å². The summed E-state index contributed by atoms with van der Waals surface area (Å²) in [7, 11) is 0. The Bertz CT molecular complexity index is 3460. The average Bonchev–Trinajstić information content (AvgIpc) is 3.91. The van der Waals surface area contributed by atoms with Gasteiger partial charge in [-0.15, -0.1) is 11.3 Å². The van der Waals surface area contributed by atoms with Crippen LogP contribution in [-0.2, 0) is 5.41 Å². The zero-order valence-corrected chi connectivity index (χ0v) is 34.2. The predicted molar refractivity (Wildman–Crippen MR) is 257 cm³/mol. The third-order valence-electron chi connectivity index (χ3n) is 12.8. The number of anilines is 3. The smallest absolute Gasteiger partial charge is 0.0561 e. The number of nitrogens with zero attached hydrogens (tertiary/aromatic N) is 2. The van der Waals surface area contributed by atoms with E-state index in [4.69, 9.17) is 0 Å². The minimum atomic E-state index is -0.138. The van der Waals surface area contributed by atoms with Crippen LogP contribution in [0, 0.1) is 0 Å². The highest BCUT2D eigenvalue weighted by Crippen LogP contribution is 2.52. The molecule has 1 aliphatic rings. The van der Waals surface area contributed by atoms with E-state index >= 15 is 0 Å². The van der Waals surface area contributed by atoms with E-state index in [0.717, 1.165) is 22.7 Å². The van der Waals surface area contributed by atoms with E-state index in [1.807, 2.05) is 11.3 Å². The van der Waals surface area contributed by atoms with Crippen LogP contribution in [0.2, 0.25) is 0 Å². The van der Waals surface area contributed by atoms with Crippen molar-refractivity contribution in [3.63, 3.8) is 0 Å². The maximum Gasteiger partial charge on any atom is 0.0561 e. The Hall–Kier alpha value is -7.20. The van der Waals surface area contributed by atoms with Crippen LogP contribution in [0.25, 0.3) is 81.0 Å². The quantitative estimate of drug-likeness (QED) is 0.163. The normalized spacial score (nSPS) is 13.0. The van der Waals surface area contributed by atoms with E-state index in [2.05, 4.69) is 230 Å². The van der Waals surface area contributed by atoms with Crippen molar-refractivity contribution in [1.82, 2.24) is 4.57 Å². The Balaban J connectivity index is 1.09. The van der Waals surface area contributed by atoms with Crippen molar-refractivity contribution in [3.05, 3.63) is 217 Å². The molecule has 0 atom stereocenters. The maximum absolute atomic E-state index is 2.49. The number of benzene rings is 9. The largest absolute Gasteiger partial charge is 0.310 e. The predicted octanol–water partition coefficient (Wildman–Crippen LogP) is 16.3. The lowest BCUT2D eigenvalue weighted by Gasteiger charge is -2.30. The standard InChI is InChI=1S/C57H40N2S/c1-57(2)50-22-12-9-20-44(50)45-29-27-41(35-51(45)57)58(42-28-30-47-46-21-11-14-24-53(46)59(54(47)36-42)40-17-7-4-8-18-40)52-23-13-10-19-43(52)39-26-32-56-49(34-39)48-33-38(25-31-55(48)60-56)37-15-5-3-6-16-37/h3-36H,1-2H3. The molecule has 0 bridgehead atoms. The molecular formula is C57H40N2S. The van der Waals surface area contributed by atoms with E-state index in [1.165, 1.54) is 86.5 Å².